The van der Waals surface area contributed by atoms with Crippen molar-refractivity contribution >= 4 is 34.5 Å². The zero-order valence-corrected chi connectivity index (χ0v) is 9.74. The van der Waals surface area contributed by atoms with Crippen LogP contribution < -0.4 is 0 Å². The maximum absolute atomic E-state index is 11.3. The predicted octanol–water partition coefficient (Wildman–Crippen LogP) is 0.548. The summed E-state index contributed by atoms with van der Waals surface area (Å²) in [5, 5.41) is 0. The van der Waals surface area contributed by atoms with E-state index in [2.05, 4.69) is 14.6 Å². The maximum Gasteiger partial charge on any atom is 0.397 e. The molecule has 1 rings (SSSR count). The van der Waals surface area contributed by atoms with Crippen LogP contribution in [0.1, 0.15) is 12.8 Å². The Bertz CT molecular complexity index is 286. The molecule has 1 amide bonds. The van der Waals surface area contributed by atoms with Crippen LogP contribution in [0.25, 0.3) is 0 Å². The molecule has 0 N–H and O–H groups in total. The van der Waals surface area contributed by atoms with Crippen LogP contribution in [-0.2, 0) is 14.3 Å². The van der Waals surface area contributed by atoms with Crippen molar-refractivity contribution < 1.29 is 14.3 Å². The third kappa shape index (κ3) is 3.18. The highest BCUT2D eigenvalue weighted by molar-refractivity contribution is 14.1. The first-order valence-corrected chi connectivity index (χ1v) is 5.38. The van der Waals surface area contributed by atoms with Crippen molar-refractivity contribution in [1.29, 1.82) is 0 Å². The zero-order chi connectivity index (χ0) is 10.4. The summed E-state index contributed by atoms with van der Waals surface area (Å²) in [6.45, 7) is 1.30. The van der Waals surface area contributed by atoms with E-state index in [1.54, 1.807) is 0 Å². The lowest BCUT2D eigenvalue weighted by Crippen LogP contribution is -2.35. The molecule has 0 radical (unpaired) electrons. The maximum atomic E-state index is 11.3. The van der Waals surface area contributed by atoms with Gasteiger partial charge >= 0.3 is 11.9 Å². The summed E-state index contributed by atoms with van der Waals surface area (Å²) in [7, 11) is 0. The number of ether oxygens (including phenoxy) is 1. The molecule has 0 aromatic heterocycles. The summed E-state index contributed by atoms with van der Waals surface area (Å²) < 4.78 is 7.20. The van der Waals surface area contributed by atoms with E-state index in [1.807, 2.05) is 22.6 Å². The predicted molar refractivity (Wildman–Crippen MR) is 58.6 cm³/mol. The van der Waals surface area contributed by atoms with Gasteiger partial charge in [-0.3, -0.25) is 4.79 Å². The molecule has 14 heavy (non-hydrogen) atoms. The summed E-state index contributed by atoms with van der Waals surface area (Å²) in [6, 6.07) is 0. The van der Waals surface area contributed by atoms with Crippen LogP contribution in [-0.4, -0.2) is 36.5 Å². The van der Waals surface area contributed by atoms with E-state index < -0.39 is 11.9 Å². The first-order chi connectivity index (χ1) is 6.75. The number of amides is 1. The highest BCUT2D eigenvalue weighted by Crippen LogP contribution is 2.07. The van der Waals surface area contributed by atoms with E-state index in [0.29, 0.717) is 13.1 Å². The molecule has 0 spiro atoms. The molecule has 1 heterocycles. The molecule has 1 saturated heterocycles. The first kappa shape index (κ1) is 11.3. The molecule has 0 saturated carbocycles. The van der Waals surface area contributed by atoms with Gasteiger partial charge in [-0.2, -0.15) is 0 Å². The molecule has 0 aromatic rings. The smallest absolute Gasteiger partial charge is 0.397 e. The second-order valence-electron chi connectivity index (χ2n) is 2.85. The highest BCUT2D eigenvalue weighted by atomic mass is 127. The monoisotopic (exact) mass is 307 g/mol. The molecule has 0 unspecified atom stereocenters. The molecule has 1 fully saturated rings. The van der Waals surface area contributed by atoms with Gasteiger partial charge in [0.15, 0.2) is 6.61 Å². The third-order valence-corrected chi connectivity index (χ3v) is 2.29. The van der Waals surface area contributed by atoms with Gasteiger partial charge in [0.1, 0.15) is 0 Å². The second kappa shape index (κ2) is 5.86. The van der Waals surface area contributed by atoms with Gasteiger partial charge in [-0.15, -0.1) is 0 Å². The van der Waals surface area contributed by atoms with Crippen molar-refractivity contribution in [3.63, 3.8) is 0 Å². The van der Waals surface area contributed by atoms with E-state index in [1.165, 1.54) is 4.90 Å². The fourth-order valence-corrected chi connectivity index (χ4v) is 1.40. The number of nitrogens with zero attached hydrogens (tertiary/aromatic N) is 1. The third-order valence-electron chi connectivity index (χ3n) is 1.91. The van der Waals surface area contributed by atoms with Gasteiger partial charge in [0.2, 0.25) is 0 Å². The largest absolute Gasteiger partial charge is 0.445 e. The first-order valence-electron chi connectivity index (χ1n) is 4.30. The van der Waals surface area contributed by atoms with Crippen molar-refractivity contribution in [2.24, 2.45) is 0 Å². The quantitative estimate of drug-likeness (QED) is 0.308. The molecule has 76 valence electrons. The summed E-state index contributed by atoms with van der Waals surface area (Å²) in [6.07, 6.45) is 1.93. The molecule has 4 nitrogen and oxygen atoms in total. The topological polar surface area (TPSA) is 46.6 Å². The number of likely N-dealkylation sites (tertiary alicyclic amines) is 1. The van der Waals surface area contributed by atoms with Crippen LogP contribution in [0.4, 0.5) is 0 Å². The van der Waals surface area contributed by atoms with Gasteiger partial charge in [-0.1, -0.05) is 5.92 Å². The fourth-order valence-electron chi connectivity index (χ4n) is 1.24. The number of rotatable bonds is 1. The Morgan fingerprint density at radius 3 is 2.57 bits per heavy atom. The Balaban J connectivity index is 2.34. The van der Waals surface area contributed by atoms with E-state index in [4.69, 9.17) is 0 Å². The van der Waals surface area contributed by atoms with Gasteiger partial charge in [0.25, 0.3) is 0 Å². The van der Waals surface area contributed by atoms with Crippen LogP contribution in [0, 0.1) is 9.85 Å². The number of hydrogen-bond donors (Lipinski definition) is 0. The minimum Gasteiger partial charge on any atom is -0.445 e. The van der Waals surface area contributed by atoms with Crippen LogP contribution in [0.5, 0.6) is 0 Å². The van der Waals surface area contributed by atoms with E-state index in [9.17, 15) is 9.59 Å². The van der Waals surface area contributed by atoms with Gasteiger partial charge in [-0.25, -0.2) is 4.79 Å². The molecule has 0 bridgehead atoms. The van der Waals surface area contributed by atoms with Gasteiger partial charge in [-0.05, 0) is 16.8 Å². The van der Waals surface area contributed by atoms with E-state index >= 15 is 0 Å². The van der Waals surface area contributed by atoms with Gasteiger partial charge < -0.3 is 9.64 Å². The summed E-state index contributed by atoms with van der Waals surface area (Å²) in [5.74, 6) is 1.20. The Morgan fingerprint density at radius 1 is 1.36 bits per heavy atom. The lowest BCUT2D eigenvalue weighted by molar-refractivity contribution is -0.158. The van der Waals surface area contributed by atoms with Crippen molar-refractivity contribution in [3.05, 3.63) is 0 Å². The van der Waals surface area contributed by atoms with E-state index in [0.717, 1.165) is 12.8 Å². The lowest BCUT2D eigenvalue weighted by atomic mass is 10.4. The second-order valence-corrected chi connectivity index (χ2v) is 3.39. The minimum atomic E-state index is -0.800. The molecular formula is C9H10INO3. The molecule has 1 aliphatic heterocycles. The Hall–Kier alpha value is -0.770. The highest BCUT2D eigenvalue weighted by Gasteiger charge is 2.25. The molecule has 0 aromatic carbocycles. The van der Waals surface area contributed by atoms with Crippen molar-refractivity contribution in [1.82, 2.24) is 4.90 Å². The summed E-state index contributed by atoms with van der Waals surface area (Å²) >= 11 is 1.84. The number of carbonyl (C=O) groups excluding carboxylic acids is 2. The van der Waals surface area contributed by atoms with Crippen LogP contribution in [0.2, 0.25) is 0 Å². The van der Waals surface area contributed by atoms with Crippen molar-refractivity contribution in [2.75, 3.05) is 19.7 Å². The summed E-state index contributed by atoms with van der Waals surface area (Å²) in [4.78, 5) is 24.0. The standard InChI is InChI=1S/C9H10INO3/c10-4-3-7-14-9(13)8(12)11-5-1-2-6-11/h1-2,5-7H2. The summed E-state index contributed by atoms with van der Waals surface area (Å²) in [5.41, 5.74) is 0. The van der Waals surface area contributed by atoms with E-state index in [-0.39, 0.29) is 6.61 Å². The Morgan fingerprint density at radius 2 is 2.00 bits per heavy atom. The fraction of sp³-hybridized carbons (Fsp3) is 0.556. The van der Waals surface area contributed by atoms with Gasteiger partial charge in [0.05, 0.1) is 0 Å². The average molecular weight is 307 g/mol. The van der Waals surface area contributed by atoms with Crippen molar-refractivity contribution in [2.45, 2.75) is 12.8 Å². The van der Waals surface area contributed by atoms with Crippen molar-refractivity contribution in [3.8, 4) is 9.85 Å². The molecule has 0 aliphatic carbocycles. The number of halogens is 1. The Labute approximate surface area is 96.1 Å². The minimum absolute atomic E-state index is 0.0125. The number of carbonyl (C=O) groups is 2. The number of esters is 1. The Kier molecular flexibility index (Phi) is 4.73. The normalized spacial score (nSPS) is 14.5. The van der Waals surface area contributed by atoms with Crippen LogP contribution >= 0.6 is 22.6 Å². The molecule has 5 heteroatoms. The SMILES string of the molecule is O=C(OCC#CI)C(=O)N1CCCC1. The van der Waals surface area contributed by atoms with Gasteiger partial charge in [0, 0.05) is 35.7 Å². The molecule has 1 aliphatic rings. The zero-order valence-electron chi connectivity index (χ0n) is 7.59. The average Bonchev–Trinajstić information content (AvgIpc) is 2.69. The molecular weight excluding hydrogens is 297 g/mol. The van der Waals surface area contributed by atoms with Crippen LogP contribution in [0.3, 0.4) is 0 Å². The number of hydrogen-bond acceptors (Lipinski definition) is 3. The lowest BCUT2D eigenvalue weighted by Gasteiger charge is -2.12. The van der Waals surface area contributed by atoms with Crippen LogP contribution in [0.15, 0.2) is 0 Å². The molecule has 0 atom stereocenters.